The van der Waals surface area contributed by atoms with Crippen molar-refractivity contribution in [3.05, 3.63) is 11.6 Å². The molecule has 0 amide bonds. The molecule has 3 heteroatoms. The Labute approximate surface area is 201 Å². The van der Waals surface area contributed by atoms with Crippen LogP contribution in [0.1, 0.15) is 113 Å². The van der Waals surface area contributed by atoms with Crippen LogP contribution < -0.4 is 0 Å². The van der Waals surface area contributed by atoms with Crippen molar-refractivity contribution in [3.8, 4) is 0 Å². The molecule has 5 rings (SSSR count). The summed E-state index contributed by atoms with van der Waals surface area (Å²) >= 11 is 0. The van der Waals surface area contributed by atoms with E-state index in [4.69, 9.17) is 0 Å². The molecule has 0 aromatic carbocycles. The second kappa shape index (κ2) is 6.89. The first-order chi connectivity index (χ1) is 15.1. The fraction of sp³-hybridized carbons (Fsp3) is 0.900. The molecule has 3 nitrogen and oxygen atoms in total. The van der Waals surface area contributed by atoms with Crippen molar-refractivity contribution in [2.75, 3.05) is 0 Å². The van der Waals surface area contributed by atoms with Crippen LogP contribution in [0.25, 0.3) is 0 Å². The Balaban J connectivity index is 1.64. The third kappa shape index (κ3) is 2.87. The predicted molar refractivity (Wildman–Crippen MR) is 133 cm³/mol. The average Bonchev–Trinajstić information content (AvgIpc) is 2.71. The molecule has 0 saturated heterocycles. The molecule has 33 heavy (non-hydrogen) atoms. The lowest BCUT2D eigenvalue weighted by molar-refractivity contribution is -0.213. The largest absolute Gasteiger partial charge is 0.481 e. The van der Waals surface area contributed by atoms with Gasteiger partial charge in [0.15, 0.2) is 0 Å². The Kier molecular flexibility index (Phi) is 4.99. The summed E-state index contributed by atoms with van der Waals surface area (Å²) in [5.74, 6) is 0.675. The minimum absolute atomic E-state index is 0.0901. The Morgan fingerprint density at radius 3 is 2.21 bits per heavy atom. The first kappa shape index (κ1) is 23.9. The Morgan fingerprint density at radius 1 is 0.879 bits per heavy atom. The fourth-order valence-corrected chi connectivity index (χ4v) is 10.6. The van der Waals surface area contributed by atoms with Crippen LogP contribution in [-0.2, 0) is 4.79 Å². The van der Waals surface area contributed by atoms with Crippen molar-refractivity contribution < 1.29 is 15.0 Å². The molecule has 186 valence electrons. The molecular weight excluding hydrogens is 408 g/mol. The van der Waals surface area contributed by atoms with Crippen LogP contribution in [0, 0.1) is 50.2 Å². The smallest absolute Gasteiger partial charge is 0.314 e. The van der Waals surface area contributed by atoms with Gasteiger partial charge < -0.3 is 10.2 Å². The summed E-state index contributed by atoms with van der Waals surface area (Å²) in [5.41, 5.74) is 0.906. The van der Waals surface area contributed by atoms with E-state index in [-0.39, 0.29) is 33.2 Å². The molecule has 5 aliphatic rings. The summed E-state index contributed by atoms with van der Waals surface area (Å²) < 4.78 is 0. The van der Waals surface area contributed by atoms with Crippen LogP contribution in [0.5, 0.6) is 0 Å². The number of aliphatic hydroxyl groups excluding tert-OH is 1. The highest BCUT2D eigenvalue weighted by atomic mass is 16.4. The quantitative estimate of drug-likeness (QED) is 0.409. The minimum atomic E-state index is -0.721. The van der Waals surface area contributed by atoms with E-state index >= 15 is 0 Å². The van der Waals surface area contributed by atoms with Crippen LogP contribution in [0.15, 0.2) is 11.6 Å². The Bertz CT molecular complexity index is 885. The summed E-state index contributed by atoms with van der Waals surface area (Å²) in [6, 6.07) is 0. The molecule has 8 atom stereocenters. The first-order valence-corrected chi connectivity index (χ1v) is 13.8. The summed E-state index contributed by atoms with van der Waals surface area (Å²) in [7, 11) is 0. The highest BCUT2D eigenvalue weighted by molar-refractivity contribution is 5.81. The zero-order valence-corrected chi connectivity index (χ0v) is 22.3. The van der Waals surface area contributed by atoms with Gasteiger partial charge in [-0.3, -0.25) is 4.79 Å². The number of hydrogen-bond acceptors (Lipinski definition) is 2. The SMILES string of the molecule is CC1(C)CC[C@]2(C)CC[C@]3(C(=O)O)C(=CC[C@@H]4[C@@]5(C)CC[C@@H](O)C(C)(C)C5CC[C@]43C)[C@H]2C1. The average molecular weight is 457 g/mol. The van der Waals surface area contributed by atoms with Gasteiger partial charge in [0.2, 0.25) is 0 Å². The molecular formula is C30H48O3. The van der Waals surface area contributed by atoms with Crippen LogP contribution in [0.2, 0.25) is 0 Å². The van der Waals surface area contributed by atoms with E-state index < -0.39 is 11.4 Å². The number of aliphatic carboxylic acids is 1. The van der Waals surface area contributed by atoms with Gasteiger partial charge in [-0.25, -0.2) is 0 Å². The third-order valence-electron chi connectivity index (χ3n) is 12.9. The zero-order valence-electron chi connectivity index (χ0n) is 22.3. The van der Waals surface area contributed by atoms with Crippen molar-refractivity contribution in [2.45, 2.75) is 119 Å². The van der Waals surface area contributed by atoms with E-state index in [9.17, 15) is 15.0 Å². The van der Waals surface area contributed by atoms with Crippen molar-refractivity contribution in [2.24, 2.45) is 50.2 Å². The van der Waals surface area contributed by atoms with Gasteiger partial charge in [0, 0.05) is 0 Å². The number of carbonyl (C=O) groups is 1. The highest BCUT2D eigenvalue weighted by Crippen LogP contribution is 2.75. The van der Waals surface area contributed by atoms with Crippen LogP contribution in [-0.4, -0.2) is 22.3 Å². The summed E-state index contributed by atoms with van der Waals surface area (Å²) in [4.78, 5) is 13.5. The zero-order chi connectivity index (χ0) is 24.2. The van der Waals surface area contributed by atoms with E-state index in [1.807, 2.05) is 0 Å². The van der Waals surface area contributed by atoms with Crippen molar-refractivity contribution >= 4 is 5.97 Å². The maximum atomic E-state index is 13.5. The molecule has 4 fully saturated rings. The van der Waals surface area contributed by atoms with E-state index in [1.165, 1.54) is 18.4 Å². The molecule has 0 aromatic heterocycles. The van der Waals surface area contributed by atoms with Gasteiger partial charge in [-0.15, -0.1) is 0 Å². The van der Waals surface area contributed by atoms with Gasteiger partial charge in [0.1, 0.15) is 0 Å². The van der Waals surface area contributed by atoms with Crippen LogP contribution in [0.4, 0.5) is 0 Å². The number of carboxylic acids is 1. The fourth-order valence-electron chi connectivity index (χ4n) is 10.6. The maximum absolute atomic E-state index is 13.5. The lowest BCUT2D eigenvalue weighted by Crippen LogP contribution is -2.66. The molecule has 0 aromatic rings. The molecule has 4 saturated carbocycles. The van der Waals surface area contributed by atoms with Crippen LogP contribution in [0.3, 0.4) is 0 Å². The standard InChI is InChI=1S/C30H48O3/c1-25(2)14-15-27(5)16-17-30(24(32)33)19(20(27)18-25)8-9-22-28(6)12-11-23(31)26(3,4)21(28)10-13-29(22,30)7/h8,20-23,31H,9-18H2,1-7H3,(H,32,33)/t20-,21?,22-,23-,27-,28+,29-,30-/m1/s1. The van der Waals surface area contributed by atoms with Gasteiger partial charge in [-0.2, -0.15) is 0 Å². The number of aliphatic hydroxyl groups is 1. The number of carboxylic acid groups (broad SMARTS) is 1. The minimum Gasteiger partial charge on any atom is -0.481 e. The lowest BCUT2D eigenvalue weighted by Gasteiger charge is -2.70. The molecule has 2 N–H and O–H groups in total. The van der Waals surface area contributed by atoms with Gasteiger partial charge in [0.25, 0.3) is 0 Å². The van der Waals surface area contributed by atoms with E-state index in [2.05, 4.69) is 54.5 Å². The number of hydrogen-bond donors (Lipinski definition) is 2. The van der Waals surface area contributed by atoms with Gasteiger partial charge in [-0.1, -0.05) is 60.1 Å². The maximum Gasteiger partial charge on any atom is 0.314 e. The second-order valence-corrected chi connectivity index (χ2v) is 15.1. The summed E-state index contributed by atoms with van der Waals surface area (Å²) in [6.07, 6.45) is 12.6. The van der Waals surface area contributed by atoms with E-state index in [0.717, 1.165) is 51.4 Å². The monoisotopic (exact) mass is 456 g/mol. The molecule has 0 aliphatic heterocycles. The lowest BCUT2D eigenvalue weighted by atomic mass is 9.33. The molecule has 5 aliphatic carbocycles. The number of fused-ring (bicyclic) bond motifs is 7. The van der Waals surface area contributed by atoms with Crippen LogP contribution >= 0.6 is 0 Å². The Hall–Kier alpha value is -0.830. The van der Waals surface area contributed by atoms with E-state index in [1.54, 1.807) is 0 Å². The third-order valence-corrected chi connectivity index (χ3v) is 12.9. The highest BCUT2D eigenvalue weighted by Gasteiger charge is 2.71. The predicted octanol–water partition coefficient (Wildman–Crippen LogP) is 7.23. The number of allylic oxidation sites excluding steroid dienone is 1. The van der Waals surface area contributed by atoms with Gasteiger partial charge >= 0.3 is 5.97 Å². The normalized spacial score (nSPS) is 52.4. The summed E-state index contributed by atoms with van der Waals surface area (Å²) in [5, 5.41) is 22.0. The summed E-state index contributed by atoms with van der Waals surface area (Å²) in [6.45, 7) is 16.6. The van der Waals surface area contributed by atoms with Crippen molar-refractivity contribution in [3.63, 3.8) is 0 Å². The topological polar surface area (TPSA) is 57.5 Å². The molecule has 0 spiro atoms. The van der Waals surface area contributed by atoms with Crippen molar-refractivity contribution in [1.29, 1.82) is 0 Å². The molecule has 1 unspecified atom stereocenters. The van der Waals surface area contributed by atoms with E-state index in [0.29, 0.717) is 17.8 Å². The molecule has 0 radical (unpaired) electrons. The van der Waals surface area contributed by atoms with Crippen molar-refractivity contribution in [1.82, 2.24) is 0 Å². The Morgan fingerprint density at radius 2 is 1.55 bits per heavy atom. The number of rotatable bonds is 1. The molecule has 0 bridgehead atoms. The van der Waals surface area contributed by atoms with Gasteiger partial charge in [-0.05, 0) is 109 Å². The second-order valence-electron chi connectivity index (χ2n) is 15.1. The first-order valence-electron chi connectivity index (χ1n) is 13.8. The molecule has 0 heterocycles. The van der Waals surface area contributed by atoms with Gasteiger partial charge in [0.05, 0.1) is 11.5 Å².